The smallest absolute Gasteiger partial charge is 0.257 e. The van der Waals surface area contributed by atoms with Crippen LogP contribution in [0.4, 0.5) is 11.4 Å². The first kappa shape index (κ1) is 18.6. The monoisotopic (exact) mass is 339 g/mol. The summed E-state index contributed by atoms with van der Waals surface area (Å²) >= 11 is 0. The van der Waals surface area contributed by atoms with Gasteiger partial charge in [0.15, 0.2) is 5.78 Å². The fourth-order valence-corrected chi connectivity index (χ4v) is 2.63. The van der Waals surface area contributed by atoms with Gasteiger partial charge in [0.2, 0.25) is 0 Å². The highest BCUT2D eigenvalue weighted by atomic mass is 16.1. The first-order valence-electron chi connectivity index (χ1n) is 8.67. The summed E-state index contributed by atoms with van der Waals surface area (Å²) in [5.74, 6) is -0.209. The molecule has 0 aliphatic carbocycles. The molecule has 132 valence electrons. The number of amides is 1. The van der Waals surface area contributed by atoms with E-state index in [1.807, 2.05) is 6.07 Å². The molecule has 0 bridgehead atoms. The summed E-state index contributed by atoms with van der Waals surface area (Å²) in [5, 5.41) is 2.85. The molecule has 1 N–H and O–H groups in total. The maximum absolute atomic E-state index is 12.5. The number of pyridine rings is 1. The summed E-state index contributed by atoms with van der Waals surface area (Å²) in [7, 11) is 0. The topological polar surface area (TPSA) is 62.3 Å². The van der Waals surface area contributed by atoms with Crippen LogP contribution in [-0.4, -0.2) is 29.8 Å². The van der Waals surface area contributed by atoms with Crippen LogP contribution in [-0.2, 0) is 0 Å². The lowest BCUT2D eigenvalue weighted by molar-refractivity contribution is 0.101. The van der Waals surface area contributed by atoms with E-state index < -0.39 is 0 Å². The second kappa shape index (κ2) is 8.97. The van der Waals surface area contributed by atoms with Crippen molar-refractivity contribution in [1.82, 2.24) is 4.98 Å². The first-order chi connectivity index (χ1) is 12.0. The number of aromatic nitrogens is 1. The molecule has 5 heteroatoms. The van der Waals surface area contributed by atoms with Crippen molar-refractivity contribution in [2.24, 2.45) is 0 Å². The van der Waals surface area contributed by atoms with Gasteiger partial charge in [0.1, 0.15) is 0 Å². The van der Waals surface area contributed by atoms with Crippen molar-refractivity contribution in [2.75, 3.05) is 23.3 Å². The van der Waals surface area contributed by atoms with Crippen LogP contribution in [0.1, 0.15) is 54.3 Å². The number of carbonyl (C=O) groups is 2. The summed E-state index contributed by atoms with van der Waals surface area (Å²) < 4.78 is 0. The van der Waals surface area contributed by atoms with Crippen molar-refractivity contribution >= 4 is 23.1 Å². The SMILES string of the molecule is CCCN(CCC)c1cncc(C(=O)Nc2ccc(C(C)=O)cc2)c1. The van der Waals surface area contributed by atoms with E-state index in [0.717, 1.165) is 31.6 Å². The van der Waals surface area contributed by atoms with Gasteiger partial charge in [-0.05, 0) is 50.1 Å². The number of benzene rings is 1. The van der Waals surface area contributed by atoms with Gasteiger partial charge in [0.05, 0.1) is 17.4 Å². The maximum atomic E-state index is 12.5. The standard InChI is InChI=1S/C20H25N3O2/c1-4-10-23(11-5-2)19-12-17(13-21-14-19)20(25)22-18-8-6-16(7-9-18)15(3)24/h6-9,12-14H,4-5,10-11H2,1-3H3,(H,22,25). The number of nitrogens with zero attached hydrogens (tertiary/aromatic N) is 2. The third-order valence-corrected chi connectivity index (χ3v) is 3.89. The van der Waals surface area contributed by atoms with Gasteiger partial charge in [-0.3, -0.25) is 14.6 Å². The van der Waals surface area contributed by atoms with Crippen LogP contribution in [0.2, 0.25) is 0 Å². The Labute approximate surface area is 149 Å². The van der Waals surface area contributed by atoms with E-state index in [2.05, 4.69) is 29.0 Å². The summed E-state index contributed by atoms with van der Waals surface area (Å²) in [6, 6.07) is 8.74. The molecule has 1 heterocycles. The van der Waals surface area contributed by atoms with E-state index in [1.165, 1.54) is 6.92 Å². The molecule has 0 spiro atoms. The predicted molar refractivity (Wildman–Crippen MR) is 101 cm³/mol. The van der Waals surface area contributed by atoms with E-state index >= 15 is 0 Å². The Hall–Kier alpha value is -2.69. The summed E-state index contributed by atoms with van der Waals surface area (Å²) in [4.78, 5) is 30.3. The number of carbonyl (C=O) groups excluding carboxylic acids is 2. The van der Waals surface area contributed by atoms with Gasteiger partial charge in [-0.25, -0.2) is 0 Å². The zero-order chi connectivity index (χ0) is 18.2. The molecule has 0 aliphatic rings. The fourth-order valence-electron chi connectivity index (χ4n) is 2.63. The molecule has 0 saturated carbocycles. The zero-order valence-electron chi connectivity index (χ0n) is 15.1. The molecule has 25 heavy (non-hydrogen) atoms. The molecule has 0 saturated heterocycles. The summed E-state index contributed by atoms with van der Waals surface area (Å²) in [6.07, 6.45) is 5.44. The molecule has 0 unspecified atom stereocenters. The van der Waals surface area contributed by atoms with E-state index in [9.17, 15) is 9.59 Å². The van der Waals surface area contributed by atoms with Gasteiger partial charge >= 0.3 is 0 Å². The van der Waals surface area contributed by atoms with Gasteiger partial charge in [-0.15, -0.1) is 0 Å². The van der Waals surface area contributed by atoms with Gasteiger partial charge in [-0.2, -0.15) is 0 Å². The zero-order valence-corrected chi connectivity index (χ0v) is 15.1. The van der Waals surface area contributed by atoms with E-state index in [1.54, 1.807) is 36.7 Å². The summed E-state index contributed by atoms with van der Waals surface area (Å²) in [6.45, 7) is 7.66. The number of hydrogen-bond acceptors (Lipinski definition) is 4. The van der Waals surface area contributed by atoms with Crippen molar-refractivity contribution in [1.29, 1.82) is 0 Å². The predicted octanol–water partition coefficient (Wildman–Crippen LogP) is 4.16. The van der Waals surface area contributed by atoms with Gasteiger partial charge in [0.25, 0.3) is 5.91 Å². The van der Waals surface area contributed by atoms with E-state index in [4.69, 9.17) is 0 Å². The van der Waals surface area contributed by atoms with Crippen molar-refractivity contribution in [2.45, 2.75) is 33.6 Å². The molecule has 1 aromatic heterocycles. The Bertz CT molecular complexity index is 720. The molecule has 5 nitrogen and oxygen atoms in total. The van der Waals surface area contributed by atoms with Gasteiger partial charge in [0, 0.05) is 30.5 Å². The normalized spacial score (nSPS) is 10.4. The second-order valence-electron chi connectivity index (χ2n) is 6.01. The highest BCUT2D eigenvalue weighted by Crippen LogP contribution is 2.17. The summed E-state index contributed by atoms with van der Waals surface area (Å²) in [5.41, 5.74) is 2.75. The Kier molecular flexibility index (Phi) is 6.69. The molecule has 2 rings (SSSR count). The van der Waals surface area contributed by atoms with Crippen molar-refractivity contribution in [3.63, 3.8) is 0 Å². The first-order valence-corrected chi connectivity index (χ1v) is 8.67. The van der Waals surface area contributed by atoms with Crippen LogP contribution in [0.5, 0.6) is 0 Å². The van der Waals surface area contributed by atoms with Gasteiger partial charge in [-0.1, -0.05) is 13.8 Å². The lowest BCUT2D eigenvalue weighted by Gasteiger charge is -2.23. The minimum Gasteiger partial charge on any atom is -0.370 e. The molecule has 0 radical (unpaired) electrons. The van der Waals surface area contributed by atoms with Crippen LogP contribution in [0.25, 0.3) is 0 Å². The Morgan fingerprint density at radius 2 is 1.64 bits per heavy atom. The lowest BCUT2D eigenvalue weighted by Crippen LogP contribution is -2.25. The highest BCUT2D eigenvalue weighted by Gasteiger charge is 2.11. The van der Waals surface area contributed by atoms with Gasteiger partial charge < -0.3 is 10.2 Å². The average Bonchev–Trinajstić information content (AvgIpc) is 2.62. The molecule has 0 aliphatic heterocycles. The minimum absolute atomic E-state index is 0.00159. The molecule has 0 atom stereocenters. The molecule has 0 fully saturated rings. The quantitative estimate of drug-likeness (QED) is 0.734. The number of ketones is 1. The number of anilines is 2. The number of nitrogens with one attached hydrogen (secondary N) is 1. The van der Waals surface area contributed by atoms with Crippen molar-refractivity contribution < 1.29 is 9.59 Å². The third-order valence-electron chi connectivity index (χ3n) is 3.89. The van der Waals surface area contributed by atoms with E-state index in [0.29, 0.717) is 16.8 Å². The molecule has 1 amide bonds. The lowest BCUT2D eigenvalue weighted by atomic mass is 10.1. The van der Waals surface area contributed by atoms with Crippen LogP contribution < -0.4 is 10.2 Å². The Balaban J connectivity index is 2.13. The third kappa shape index (κ3) is 5.14. The van der Waals surface area contributed by atoms with Crippen LogP contribution in [0, 0.1) is 0 Å². The Morgan fingerprint density at radius 3 is 2.20 bits per heavy atom. The largest absolute Gasteiger partial charge is 0.370 e. The van der Waals surface area contributed by atoms with Crippen LogP contribution in [0.3, 0.4) is 0 Å². The fraction of sp³-hybridized carbons (Fsp3) is 0.350. The molecule has 1 aromatic carbocycles. The van der Waals surface area contributed by atoms with E-state index in [-0.39, 0.29) is 11.7 Å². The van der Waals surface area contributed by atoms with Crippen LogP contribution >= 0.6 is 0 Å². The van der Waals surface area contributed by atoms with Crippen molar-refractivity contribution in [3.05, 3.63) is 53.9 Å². The Morgan fingerprint density at radius 1 is 1.00 bits per heavy atom. The molecule has 2 aromatic rings. The number of hydrogen-bond donors (Lipinski definition) is 1. The highest BCUT2D eigenvalue weighted by molar-refractivity contribution is 6.04. The maximum Gasteiger partial charge on any atom is 0.257 e. The second-order valence-corrected chi connectivity index (χ2v) is 6.01. The molecular weight excluding hydrogens is 314 g/mol. The average molecular weight is 339 g/mol. The molecular formula is C20H25N3O2. The number of Topliss-reactive ketones (excluding diaryl/α,β-unsaturated/α-hetero) is 1. The minimum atomic E-state index is -0.210. The van der Waals surface area contributed by atoms with Crippen LogP contribution in [0.15, 0.2) is 42.7 Å². The number of rotatable bonds is 8. The van der Waals surface area contributed by atoms with Crippen molar-refractivity contribution in [3.8, 4) is 0 Å².